The summed E-state index contributed by atoms with van der Waals surface area (Å²) in [5, 5.41) is 4.90. The predicted octanol–water partition coefficient (Wildman–Crippen LogP) is 1.17. The third-order valence-corrected chi connectivity index (χ3v) is 5.13. The maximum absolute atomic E-state index is 12.7. The van der Waals surface area contributed by atoms with Crippen molar-refractivity contribution in [2.45, 2.75) is 37.8 Å². The van der Waals surface area contributed by atoms with Crippen molar-refractivity contribution in [1.82, 2.24) is 19.6 Å². The van der Waals surface area contributed by atoms with Crippen molar-refractivity contribution in [3.05, 3.63) is 23.5 Å². The van der Waals surface area contributed by atoms with E-state index < -0.39 is 5.54 Å². The van der Waals surface area contributed by atoms with Crippen LogP contribution < -0.4 is 5.32 Å². The van der Waals surface area contributed by atoms with Crippen LogP contribution in [-0.4, -0.2) is 38.2 Å². The maximum atomic E-state index is 12.7. The number of nitrogens with one attached hydrogen (secondary N) is 1. The number of hydrogen-bond donors (Lipinski definition) is 1. The van der Waals surface area contributed by atoms with Crippen molar-refractivity contribution in [3.63, 3.8) is 0 Å². The Kier molecular flexibility index (Phi) is 2.78. The number of rotatable bonds is 2. The number of carbonyl (C=O) groups is 2. The zero-order valence-corrected chi connectivity index (χ0v) is 12.4. The van der Waals surface area contributed by atoms with Gasteiger partial charge < -0.3 is 10.2 Å². The number of amides is 2. The number of fused-ring (bicyclic) bond motifs is 1. The smallest absolute Gasteiger partial charge is 0.249 e. The number of hydrogen-bond acceptors (Lipinski definition) is 4. The van der Waals surface area contributed by atoms with Crippen LogP contribution in [0.4, 0.5) is 0 Å². The van der Waals surface area contributed by atoms with E-state index in [2.05, 4.69) is 10.3 Å². The molecule has 110 valence electrons. The lowest BCUT2D eigenvalue weighted by Gasteiger charge is -2.39. The molecule has 1 saturated heterocycles. The summed E-state index contributed by atoms with van der Waals surface area (Å²) in [5.41, 5.74) is 0.185. The molecular weight excluding hydrogens is 288 g/mol. The average Bonchev–Trinajstić information content (AvgIpc) is 3.11. The Morgan fingerprint density at radius 1 is 1.33 bits per heavy atom. The summed E-state index contributed by atoms with van der Waals surface area (Å²) in [6, 6.07) is 0. The molecule has 1 aliphatic carbocycles. The molecule has 1 spiro atoms. The highest BCUT2D eigenvalue weighted by atomic mass is 32.1. The van der Waals surface area contributed by atoms with Crippen LogP contribution in [0.3, 0.4) is 0 Å². The molecule has 2 amide bonds. The fraction of sp³-hybridized carbons (Fsp3) is 0.500. The predicted molar refractivity (Wildman–Crippen MR) is 77.8 cm³/mol. The first-order chi connectivity index (χ1) is 10.2. The van der Waals surface area contributed by atoms with Gasteiger partial charge in [0.2, 0.25) is 11.8 Å². The number of piperazine rings is 1. The van der Waals surface area contributed by atoms with Gasteiger partial charge in [0.05, 0.1) is 12.2 Å². The normalized spacial score (nSPS) is 21.4. The third kappa shape index (κ3) is 2.03. The Morgan fingerprint density at radius 3 is 2.90 bits per heavy atom. The molecule has 0 unspecified atom stereocenters. The van der Waals surface area contributed by atoms with Crippen molar-refractivity contribution in [2.75, 3.05) is 6.54 Å². The van der Waals surface area contributed by atoms with Crippen molar-refractivity contribution < 1.29 is 9.59 Å². The van der Waals surface area contributed by atoms with Gasteiger partial charge in [0, 0.05) is 17.8 Å². The molecule has 3 heterocycles. The van der Waals surface area contributed by atoms with E-state index in [4.69, 9.17) is 0 Å². The van der Waals surface area contributed by atoms with Crippen molar-refractivity contribution in [2.24, 2.45) is 0 Å². The van der Waals surface area contributed by atoms with Crippen LogP contribution in [0.25, 0.3) is 4.96 Å². The standard InChI is InChI=1S/C14H16N4O2S/c19-11-9-18(12(20)14(16-11)3-1-2-4-14)8-10-7-17-5-6-21-13(17)15-10/h5-7H,1-4,8-9H2,(H,16,19). The molecule has 2 aromatic rings. The minimum Gasteiger partial charge on any atom is -0.340 e. The van der Waals surface area contributed by atoms with Crippen LogP contribution in [0.1, 0.15) is 31.4 Å². The summed E-state index contributed by atoms with van der Waals surface area (Å²) in [5.74, 6) is -0.00604. The quantitative estimate of drug-likeness (QED) is 0.905. The lowest BCUT2D eigenvalue weighted by Crippen LogP contribution is -2.65. The third-order valence-electron chi connectivity index (χ3n) is 4.36. The molecule has 2 fully saturated rings. The molecule has 0 aromatic carbocycles. The van der Waals surface area contributed by atoms with Gasteiger partial charge >= 0.3 is 0 Å². The van der Waals surface area contributed by atoms with E-state index in [-0.39, 0.29) is 18.4 Å². The van der Waals surface area contributed by atoms with E-state index in [9.17, 15) is 9.59 Å². The first-order valence-corrected chi connectivity index (χ1v) is 8.06. The van der Waals surface area contributed by atoms with Crippen molar-refractivity contribution in [3.8, 4) is 0 Å². The largest absolute Gasteiger partial charge is 0.340 e. The molecule has 1 saturated carbocycles. The number of carbonyl (C=O) groups excluding carboxylic acids is 2. The Hall–Kier alpha value is -1.89. The number of imidazole rings is 1. The van der Waals surface area contributed by atoms with Crippen molar-refractivity contribution >= 4 is 28.1 Å². The second-order valence-corrected chi connectivity index (χ2v) is 6.70. The molecule has 7 heteroatoms. The SMILES string of the molecule is O=C1CN(Cc2cn3ccsc3n2)C(=O)C2(CCCC2)N1. The fourth-order valence-electron chi connectivity index (χ4n) is 3.40. The Labute approximate surface area is 125 Å². The van der Waals surface area contributed by atoms with Crippen LogP contribution in [0.15, 0.2) is 17.8 Å². The molecule has 0 bridgehead atoms. The van der Waals surface area contributed by atoms with Gasteiger partial charge in [-0.05, 0) is 12.8 Å². The van der Waals surface area contributed by atoms with Crippen LogP contribution in [-0.2, 0) is 16.1 Å². The zero-order chi connectivity index (χ0) is 14.4. The Morgan fingerprint density at radius 2 is 2.14 bits per heavy atom. The number of thiazole rings is 1. The second-order valence-electron chi connectivity index (χ2n) is 5.82. The van der Waals surface area contributed by atoms with Crippen molar-refractivity contribution in [1.29, 1.82) is 0 Å². The van der Waals surface area contributed by atoms with E-state index in [0.29, 0.717) is 6.54 Å². The molecule has 1 aliphatic heterocycles. The fourth-order valence-corrected chi connectivity index (χ4v) is 4.12. The first kappa shape index (κ1) is 12.8. The highest BCUT2D eigenvalue weighted by Gasteiger charge is 2.48. The first-order valence-electron chi connectivity index (χ1n) is 7.18. The molecule has 0 atom stereocenters. The van der Waals surface area contributed by atoms with Crippen LogP contribution >= 0.6 is 11.3 Å². The molecule has 4 rings (SSSR count). The van der Waals surface area contributed by atoms with Gasteiger partial charge in [-0.3, -0.25) is 14.0 Å². The van der Waals surface area contributed by atoms with Gasteiger partial charge in [0.15, 0.2) is 4.96 Å². The highest BCUT2D eigenvalue weighted by Crippen LogP contribution is 2.33. The summed E-state index contributed by atoms with van der Waals surface area (Å²) in [6.45, 7) is 0.536. The van der Waals surface area contributed by atoms with E-state index in [1.165, 1.54) is 0 Å². The maximum Gasteiger partial charge on any atom is 0.249 e. The molecule has 6 nitrogen and oxygen atoms in total. The van der Waals surface area contributed by atoms with Gasteiger partial charge in [0.1, 0.15) is 12.1 Å². The number of nitrogens with zero attached hydrogens (tertiary/aromatic N) is 3. The van der Waals surface area contributed by atoms with E-state index in [0.717, 1.165) is 36.3 Å². The molecule has 1 N–H and O–H groups in total. The zero-order valence-electron chi connectivity index (χ0n) is 11.5. The van der Waals surface area contributed by atoms with Crippen LogP contribution in [0, 0.1) is 0 Å². The minimum absolute atomic E-state index is 0.0518. The van der Waals surface area contributed by atoms with Gasteiger partial charge in [-0.25, -0.2) is 4.98 Å². The van der Waals surface area contributed by atoms with Crippen LogP contribution in [0.2, 0.25) is 0 Å². The van der Waals surface area contributed by atoms with Crippen LogP contribution in [0.5, 0.6) is 0 Å². The van der Waals surface area contributed by atoms with E-state index in [1.54, 1.807) is 16.2 Å². The molecule has 21 heavy (non-hydrogen) atoms. The molecular formula is C14H16N4O2S. The van der Waals surface area contributed by atoms with Gasteiger partial charge in [0.25, 0.3) is 0 Å². The summed E-state index contributed by atoms with van der Waals surface area (Å²) in [7, 11) is 0. The highest BCUT2D eigenvalue weighted by molar-refractivity contribution is 7.15. The minimum atomic E-state index is -0.646. The topological polar surface area (TPSA) is 66.7 Å². The van der Waals surface area contributed by atoms with Gasteiger partial charge in [-0.1, -0.05) is 12.8 Å². The summed E-state index contributed by atoms with van der Waals surface area (Å²) in [6.07, 6.45) is 7.38. The Bertz CT molecular complexity index is 685. The average molecular weight is 304 g/mol. The van der Waals surface area contributed by atoms with E-state index in [1.807, 2.05) is 22.2 Å². The Balaban J connectivity index is 1.59. The van der Waals surface area contributed by atoms with Gasteiger partial charge in [-0.15, -0.1) is 11.3 Å². The molecule has 2 aliphatic rings. The molecule has 2 aromatic heterocycles. The number of aromatic nitrogens is 2. The summed E-state index contributed by atoms with van der Waals surface area (Å²) < 4.78 is 1.94. The monoisotopic (exact) mass is 304 g/mol. The molecule has 0 radical (unpaired) electrons. The summed E-state index contributed by atoms with van der Waals surface area (Å²) >= 11 is 1.56. The lowest BCUT2D eigenvalue weighted by atomic mass is 9.93. The second kappa shape index (κ2) is 4.56. The summed E-state index contributed by atoms with van der Waals surface area (Å²) in [4.78, 5) is 31.8. The van der Waals surface area contributed by atoms with Gasteiger partial charge in [-0.2, -0.15) is 0 Å². The van der Waals surface area contributed by atoms with E-state index >= 15 is 0 Å². The lowest BCUT2D eigenvalue weighted by molar-refractivity contribution is -0.150.